The zero-order chi connectivity index (χ0) is 20.8. The van der Waals surface area contributed by atoms with Gasteiger partial charge in [0.2, 0.25) is 0 Å². The zero-order valence-electron chi connectivity index (χ0n) is 15.0. The van der Waals surface area contributed by atoms with E-state index in [0.717, 1.165) is 42.9 Å². The number of hydrogen-bond acceptors (Lipinski definition) is 2. The van der Waals surface area contributed by atoms with Crippen molar-refractivity contribution in [1.29, 1.82) is 0 Å². The van der Waals surface area contributed by atoms with Gasteiger partial charge in [0.25, 0.3) is 0 Å². The van der Waals surface area contributed by atoms with Crippen molar-refractivity contribution in [2.24, 2.45) is 0 Å². The van der Waals surface area contributed by atoms with Crippen molar-refractivity contribution >= 4 is 40.6 Å². The van der Waals surface area contributed by atoms with E-state index in [9.17, 15) is 13.2 Å². The smallest absolute Gasteiger partial charge is 0.370 e. The monoisotopic (exact) mass is 459 g/mol. The lowest BCUT2D eigenvalue weighted by Gasteiger charge is -2.10. The standard InChI is InChI=1S/C20H15Cl3F3N3/c21-15-6-4-11(20(24,25)26)9-14(15)18-13-3-1-2-8-27-19(13)29(28-18)12-5-7-16(22)17(23)10-12/h4-7,9-10,27H,1-3,8H2. The van der Waals surface area contributed by atoms with Gasteiger partial charge in [-0.05, 0) is 55.7 Å². The van der Waals surface area contributed by atoms with E-state index in [-0.39, 0.29) is 10.6 Å². The maximum atomic E-state index is 13.3. The Bertz CT molecular complexity index is 1080. The third kappa shape index (κ3) is 3.93. The lowest BCUT2D eigenvalue weighted by atomic mass is 10.0. The molecule has 3 aromatic rings. The molecule has 0 saturated heterocycles. The van der Waals surface area contributed by atoms with E-state index in [1.165, 1.54) is 6.07 Å². The molecule has 29 heavy (non-hydrogen) atoms. The lowest BCUT2D eigenvalue weighted by molar-refractivity contribution is -0.137. The Hall–Kier alpha value is -1.89. The number of anilines is 1. The molecule has 1 aliphatic heterocycles. The molecule has 4 rings (SSSR count). The van der Waals surface area contributed by atoms with Crippen LogP contribution in [0.3, 0.4) is 0 Å². The first-order chi connectivity index (χ1) is 13.8. The summed E-state index contributed by atoms with van der Waals surface area (Å²) in [7, 11) is 0. The molecule has 0 fully saturated rings. The lowest BCUT2D eigenvalue weighted by Crippen LogP contribution is -2.07. The molecule has 0 radical (unpaired) electrons. The van der Waals surface area contributed by atoms with Crippen LogP contribution in [0.2, 0.25) is 15.1 Å². The maximum absolute atomic E-state index is 13.3. The van der Waals surface area contributed by atoms with Crippen LogP contribution in [0.15, 0.2) is 36.4 Å². The van der Waals surface area contributed by atoms with E-state index in [0.29, 0.717) is 27.8 Å². The molecular weight excluding hydrogens is 446 g/mol. The summed E-state index contributed by atoms with van der Waals surface area (Å²) in [6, 6.07) is 8.36. The Balaban J connectivity index is 1.93. The first kappa shape index (κ1) is 20.4. The number of halogens is 6. The Kier molecular flexibility index (Phi) is 5.44. The van der Waals surface area contributed by atoms with Gasteiger partial charge in [0.1, 0.15) is 5.82 Å². The maximum Gasteiger partial charge on any atom is 0.416 e. The Labute approximate surface area is 180 Å². The molecule has 0 amide bonds. The van der Waals surface area contributed by atoms with Gasteiger partial charge in [-0.3, -0.25) is 0 Å². The van der Waals surface area contributed by atoms with E-state index in [1.54, 1.807) is 22.9 Å². The summed E-state index contributed by atoms with van der Waals surface area (Å²) in [5, 5.41) is 8.95. The first-order valence-electron chi connectivity index (χ1n) is 8.94. The van der Waals surface area contributed by atoms with Crippen molar-refractivity contribution in [3.05, 3.63) is 62.6 Å². The molecule has 152 valence electrons. The summed E-state index contributed by atoms with van der Waals surface area (Å²) in [6.45, 7) is 0.732. The fourth-order valence-electron chi connectivity index (χ4n) is 3.41. The van der Waals surface area contributed by atoms with E-state index >= 15 is 0 Å². The Morgan fingerprint density at radius 3 is 2.41 bits per heavy atom. The molecule has 1 aliphatic rings. The van der Waals surface area contributed by atoms with Crippen molar-refractivity contribution < 1.29 is 13.2 Å². The van der Waals surface area contributed by atoms with Crippen LogP contribution in [0.25, 0.3) is 16.9 Å². The van der Waals surface area contributed by atoms with E-state index in [1.807, 2.05) is 0 Å². The van der Waals surface area contributed by atoms with Gasteiger partial charge in [-0.2, -0.15) is 18.3 Å². The van der Waals surface area contributed by atoms with Gasteiger partial charge in [-0.1, -0.05) is 34.8 Å². The molecule has 0 saturated carbocycles. The first-order valence-corrected chi connectivity index (χ1v) is 10.1. The van der Waals surface area contributed by atoms with Crippen molar-refractivity contribution in [3.63, 3.8) is 0 Å². The second kappa shape index (κ2) is 7.74. The Morgan fingerprint density at radius 1 is 0.931 bits per heavy atom. The predicted molar refractivity (Wildman–Crippen MR) is 110 cm³/mol. The van der Waals surface area contributed by atoms with Gasteiger partial charge in [-0.25, -0.2) is 4.68 Å². The van der Waals surface area contributed by atoms with Crippen LogP contribution in [0, 0.1) is 0 Å². The minimum atomic E-state index is -4.47. The van der Waals surface area contributed by atoms with Crippen LogP contribution in [0.5, 0.6) is 0 Å². The van der Waals surface area contributed by atoms with Crippen LogP contribution in [-0.4, -0.2) is 16.3 Å². The van der Waals surface area contributed by atoms with Gasteiger partial charge in [-0.15, -0.1) is 0 Å². The number of alkyl halides is 3. The van der Waals surface area contributed by atoms with Crippen molar-refractivity contribution in [1.82, 2.24) is 9.78 Å². The molecule has 0 atom stereocenters. The second-order valence-electron chi connectivity index (χ2n) is 6.76. The van der Waals surface area contributed by atoms with Crippen LogP contribution >= 0.6 is 34.8 Å². The average molecular weight is 461 g/mol. The highest BCUT2D eigenvalue weighted by atomic mass is 35.5. The van der Waals surface area contributed by atoms with Gasteiger partial charge in [0, 0.05) is 17.7 Å². The minimum absolute atomic E-state index is 0.212. The summed E-state index contributed by atoms with van der Waals surface area (Å²) >= 11 is 18.5. The fourth-order valence-corrected chi connectivity index (χ4v) is 3.90. The molecule has 1 aromatic heterocycles. The number of benzene rings is 2. The number of aromatic nitrogens is 2. The quantitative estimate of drug-likeness (QED) is 0.436. The van der Waals surface area contributed by atoms with Crippen LogP contribution < -0.4 is 5.32 Å². The van der Waals surface area contributed by atoms with Gasteiger partial charge < -0.3 is 5.32 Å². The van der Waals surface area contributed by atoms with Crippen molar-refractivity contribution in [2.75, 3.05) is 11.9 Å². The van der Waals surface area contributed by atoms with Crippen molar-refractivity contribution in [3.8, 4) is 16.9 Å². The molecular formula is C20H15Cl3F3N3. The highest BCUT2D eigenvalue weighted by Gasteiger charge is 2.32. The summed E-state index contributed by atoms with van der Waals surface area (Å²) in [5.41, 5.74) is 1.39. The number of rotatable bonds is 2. The molecule has 0 unspecified atom stereocenters. The zero-order valence-corrected chi connectivity index (χ0v) is 17.2. The largest absolute Gasteiger partial charge is 0.416 e. The summed E-state index contributed by atoms with van der Waals surface area (Å²) in [4.78, 5) is 0. The Morgan fingerprint density at radius 2 is 1.69 bits per heavy atom. The summed E-state index contributed by atoms with van der Waals surface area (Å²) in [5.74, 6) is 0.726. The topological polar surface area (TPSA) is 29.9 Å². The normalized spacial score (nSPS) is 14.3. The number of hydrogen-bond donors (Lipinski definition) is 1. The van der Waals surface area contributed by atoms with Crippen molar-refractivity contribution in [2.45, 2.75) is 25.4 Å². The predicted octanol–water partition coefficient (Wildman–Crippen LogP) is 7.27. The van der Waals surface area contributed by atoms with E-state index in [4.69, 9.17) is 34.8 Å². The second-order valence-corrected chi connectivity index (χ2v) is 7.98. The molecule has 0 spiro atoms. The molecule has 0 bridgehead atoms. The number of nitrogens with one attached hydrogen (secondary N) is 1. The van der Waals surface area contributed by atoms with Crippen LogP contribution in [-0.2, 0) is 12.6 Å². The van der Waals surface area contributed by atoms with E-state index < -0.39 is 11.7 Å². The third-order valence-electron chi connectivity index (χ3n) is 4.83. The molecule has 1 N–H and O–H groups in total. The van der Waals surface area contributed by atoms with Gasteiger partial charge in [0.15, 0.2) is 0 Å². The number of nitrogens with zero attached hydrogens (tertiary/aromatic N) is 2. The minimum Gasteiger partial charge on any atom is -0.370 e. The highest BCUT2D eigenvalue weighted by molar-refractivity contribution is 6.42. The highest BCUT2D eigenvalue weighted by Crippen LogP contribution is 2.40. The molecule has 9 heteroatoms. The number of fused-ring (bicyclic) bond motifs is 1. The molecule has 2 aromatic carbocycles. The van der Waals surface area contributed by atoms with Gasteiger partial charge in [0.05, 0.1) is 32.0 Å². The fraction of sp³-hybridized carbons (Fsp3) is 0.250. The third-order valence-corrected chi connectivity index (χ3v) is 5.89. The van der Waals surface area contributed by atoms with Crippen LogP contribution in [0.4, 0.5) is 19.0 Å². The molecule has 3 nitrogen and oxygen atoms in total. The SMILES string of the molecule is FC(F)(F)c1ccc(Cl)c(-c2nn(-c3ccc(Cl)c(Cl)c3)c3c2CCCCN3)c1. The summed E-state index contributed by atoms with van der Waals surface area (Å²) in [6.07, 6.45) is -1.98. The van der Waals surface area contributed by atoms with Gasteiger partial charge >= 0.3 is 6.18 Å². The molecule has 2 heterocycles. The van der Waals surface area contributed by atoms with Crippen LogP contribution in [0.1, 0.15) is 24.0 Å². The summed E-state index contributed by atoms with van der Waals surface area (Å²) < 4.78 is 41.4. The average Bonchev–Trinajstić information content (AvgIpc) is 2.84. The molecule has 0 aliphatic carbocycles. The van der Waals surface area contributed by atoms with E-state index in [2.05, 4.69) is 10.4 Å².